The first-order valence-corrected chi connectivity index (χ1v) is 12.0. The number of hydrogen-bond acceptors (Lipinski definition) is 3. The Hall–Kier alpha value is -3.21. The minimum absolute atomic E-state index is 0.0410. The molecule has 2 aromatic carbocycles. The van der Waals surface area contributed by atoms with E-state index in [1.54, 1.807) is 6.92 Å². The summed E-state index contributed by atoms with van der Waals surface area (Å²) in [6, 6.07) is 18.4. The zero-order chi connectivity index (χ0) is 22.9. The summed E-state index contributed by atoms with van der Waals surface area (Å²) < 4.78 is 0. The number of carbonyl (C=O) groups excluding carboxylic acids is 2. The molecule has 1 saturated heterocycles. The summed E-state index contributed by atoms with van der Waals surface area (Å²) in [4.78, 5) is 32.2. The lowest BCUT2D eigenvalue weighted by molar-refractivity contribution is -0.128. The molecule has 170 valence electrons. The van der Waals surface area contributed by atoms with Crippen molar-refractivity contribution in [3.63, 3.8) is 0 Å². The van der Waals surface area contributed by atoms with Gasteiger partial charge in [0.05, 0.1) is 17.6 Å². The van der Waals surface area contributed by atoms with Gasteiger partial charge in [-0.1, -0.05) is 55.0 Å². The van der Waals surface area contributed by atoms with Crippen molar-refractivity contribution in [2.45, 2.75) is 45.6 Å². The Labute approximate surface area is 195 Å². The number of fused-ring (bicyclic) bond motifs is 2. The molecule has 5 nitrogen and oxygen atoms in total. The third kappa shape index (κ3) is 4.24. The molecule has 0 spiro atoms. The molecule has 2 amide bonds. The summed E-state index contributed by atoms with van der Waals surface area (Å²) in [6.07, 6.45) is 3.54. The molecule has 1 N–H and O–H groups in total. The topological polar surface area (TPSA) is 62.3 Å². The smallest absolute Gasteiger partial charge is 0.224 e. The van der Waals surface area contributed by atoms with E-state index < -0.39 is 0 Å². The predicted octanol–water partition coefficient (Wildman–Crippen LogP) is 4.52. The van der Waals surface area contributed by atoms with Crippen LogP contribution in [0.15, 0.2) is 54.6 Å². The highest BCUT2D eigenvalue weighted by Gasteiger charge is 2.41. The Kier molecular flexibility index (Phi) is 5.88. The van der Waals surface area contributed by atoms with Gasteiger partial charge in [-0.05, 0) is 42.9 Å². The van der Waals surface area contributed by atoms with Gasteiger partial charge in [0.15, 0.2) is 0 Å². The Bertz CT molecular complexity index is 1190. The molecule has 1 aromatic heterocycles. The standard InChI is InChI=1S/C28H31N3O2/c1-18-22-12-6-7-13-25(22)30-28(20-9-4-3-5-10-20)23(18)15-27(33)29-26-14-8-11-21-16-31(19(2)32)17-24(21)26/h3-7,9-10,12-13,21,24,26H,8,11,14-17H2,1-2H3,(H,29,33). The van der Waals surface area contributed by atoms with Crippen LogP contribution in [0, 0.1) is 18.8 Å². The molecule has 3 aromatic rings. The first-order chi connectivity index (χ1) is 16.0. The number of rotatable bonds is 4. The second-order valence-corrected chi connectivity index (χ2v) is 9.58. The van der Waals surface area contributed by atoms with Crippen LogP contribution in [0.4, 0.5) is 0 Å². The molecule has 3 atom stereocenters. The highest BCUT2D eigenvalue weighted by atomic mass is 16.2. The monoisotopic (exact) mass is 441 g/mol. The minimum Gasteiger partial charge on any atom is -0.353 e. The maximum atomic E-state index is 13.3. The fourth-order valence-corrected chi connectivity index (χ4v) is 5.79. The van der Waals surface area contributed by atoms with Crippen LogP contribution in [-0.2, 0) is 16.0 Å². The van der Waals surface area contributed by atoms with E-state index in [1.165, 1.54) is 0 Å². The van der Waals surface area contributed by atoms with Gasteiger partial charge in [0, 0.05) is 42.9 Å². The summed E-state index contributed by atoms with van der Waals surface area (Å²) in [7, 11) is 0. The second kappa shape index (κ2) is 8.97. The minimum atomic E-state index is 0.0410. The maximum absolute atomic E-state index is 13.3. The van der Waals surface area contributed by atoms with Gasteiger partial charge in [-0.25, -0.2) is 4.98 Å². The summed E-state index contributed by atoms with van der Waals surface area (Å²) in [5.41, 5.74) is 4.96. The number of nitrogens with one attached hydrogen (secondary N) is 1. The summed E-state index contributed by atoms with van der Waals surface area (Å²) >= 11 is 0. The quantitative estimate of drug-likeness (QED) is 0.648. The van der Waals surface area contributed by atoms with Gasteiger partial charge < -0.3 is 10.2 Å². The molecule has 1 aliphatic heterocycles. The summed E-state index contributed by atoms with van der Waals surface area (Å²) in [6.45, 7) is 5.33. The van der Waals surface area contributed by atoms with Gasteiger partial charge >= 0.3 is 0 Å². The molecule has 5 heteroatoms. The van der Waals surface area contributed by atoms with Crippen molar-refractivity contribution < 1.29 is 9.59 Å². The molecular weight excluding hydrogens is 410 g/mol. The lowest BCUT2D eigenvalue weighted by Crippen LogP contribution is -2.46. The Morgan fingerprint density at radius 1 is 1.03 bits per heavy atom. The Balaban J connectivity index is 1.42. The van der Waals surface area contributed by atoms with Crippen molar-refractivity contribution in [3.05, 3.63) is 65.7 Å². The highest BCUT2D eigenvalue weighted by Crippen LogP contribution is 2.37. The van der Waals surface area contributed by atoms with Crippen molar-refractivity contribution in [3.8, 4) is 11.3 Å². The zero-order valence-electron chi connectivity index (χ0n) is 19.4. The van der Waals surface area contributed by atoms with E-state index in [9.17, 15) is 9.59 Å². The first kappa shape index (κ1) is 21.6. The summed E-state index contributed by atoms with van der Waals surface area (Å²) in [5.74, 6) is 1.03. The number of pyridine rings is 1. The third-order valence-corrected chi connectivity index (χ3v) is 7.55. The van der Waals surface area contributed by atoms with E-state index in [-0.39, 0.29) is 17.9 Å². The molecule has 2 heterocycles. The third-order valence-electron chi connectivity index (χ3n) is 7.55. The molecule has 5 rings (SSSR count). The van der Waals surface area contributed by atoms with Crippen molar-refractivity contribution in [1.29, 1.82) is 0 Å². The summed E-state index contributed by atoms with van der Waals surface area (Å²) in [5, 5.41) is 4.44. The van der Waals surface area contributed by atoms with Crippen LogP contribution < -0.4 is 5.32 Å². The van der Waals surface area contributed by atoms with E-state index in [0.29, 0.717) is 18.3 Å². The van der Waals surface area contributed by atoms with Crippen LogP contribution in [0.5, 0.6) is 0 Å². The second-order valence-electron chi connectivity index (χ2n) is 9.58. The number of benzene rings is 2. The van der Waals surface area contributed by atoms with Gasteiger partial charge in [-0.3, -0.25) is 9.59 Å². The largest absolute Gasteiger partial charge is 0.353 e. The number of aromatic nitrogens is 1. The van der Waals surface area contributed by atoms with E-state index in [0.717, 1.165) is 65.6 Å². The van der Waals surface area contributed by atoms with Gasteiger partial charge in [-0.15, -0.1) is 0 Å². The molecule has 1 saturated carbocycles. The van der Waals surface area contributed by atoms with Crippen LogP contribution in [0.1, 0.15) is 37.3 Å². The van der Waals surface area contributed by atoms with E-state index in [2.05, 4.69) is 30.4 Å². The number of likely N-dealkylation sites (tertiary alicyclic amines) is 1. The van der Waals surface area contributed by atoms with Crippen LogP contribution in [0.2, 0.25) is 0 Å². The van der Waals surface area contributed by atoms with Crippen molar-refractivity contribution in [2.75, 3.05) is 13.1 Å². The first-order valence-electron chi connectivity index (χ1n) is 12.0. The number of carbonyl (C=O) groups is 2. The van der Waals surface area contributed by atoms with E-state index in [1.807, 2.05) is 41.3 Å². The Morgan fingerprint density at radius 3 is 2.58 bits per heavy atom. The molecule has 2 fully saturated rings. The molecule has 1 aliphatic carbocycles. The molecule has 0 radical (unpaired) electrons. The number of hydrogen-bond donors (Lipinski definition) is 1. The molecular formula is C28H31N3O2. The normalized spacial score (nSPS) is 22.2. The lowest BCUT2D eigenvalue weighted by Gasteiger charge is -2.33. The number of amides is 2. The number of nitrogens with zero attached hydrogens (tertiary/aromatic N) is 2. The fraction of sp³-hybridized carbons (Fsp3) is 0.393. The Morgan fingerprint density at radius 2 is 1.79 bits per heavy atom. The fourth-order valence-electron chi connectivity index (χ4n) is 5.79. The SMILES string of the molecule is CC(=O)N1CC2CCCC(NC(=O)Cc3c(-c4ccccc4)nc4ccccc4c3C)C2C1. The molecule has 3 unspecified atom stereocenters. The van der Waals surface area contributed by atoms with Crippen molar-refractivity contribution in [1.82, 2.24) is 15.2 Å². The van der Waals surface area contributed by atoms with Gasteiger partial charge in [0.25, 0.3) is 0 Å². The number of para-hydroxylation sites is 1. The van der Waals surface area contributed by atoms with Gasteiger partial charge in [0.1, 0.15) is 0 Å². The average Bonchev–Trinajstić information content (AvgIpc) is 3.27. The van der Waals surface area contributed by atoms with Gasteiger partial charge in [0.2, 0.25) is 11.8 Å². The molecule has 33 heavy (non-hydrogen) atoms. The van der Waals surface area contributed by atoms with Crippen LogP contribution >= 0.6 is 0 Å². The van der Waals surface area contributed by atoms with Crippen LogP contribution in [-0.4, -0.2) is 40.8 Å². The van der Waals surface area contributed by atoms with Gasteiger partial charge in [-0.2, -0.15) is 0 Å². The van der Waals surface area contributed by atoms with Crippen LogP contribution in [0.25, 0.3) is 22.2 Å². The number of aryl methyl sites for hydroxylation is 1. The van der Waals surface area contributed by atoms with E-state index in [4.69, 9.17) is 4.98 Å². The predicted molar refractivity (Wildman–Crippen MR) is 131 cm³/mol. The lowest BCUT2D eigenvalue weighted by atomic mass is 9.78. The van der Waals surface area contributed by atoms with Crippen molar-refractivity contribution in [2.24, 2.45) is 11.8 Å². The van der Waals surface area contributed by atoms with E-state index >= 15 is 0 Å². The van der Waals surface area contributed by atoms with Crippen LogP contribution in [0.3, 0.4) is 0 Å². The van der Waals surface area contributed by atoms with Crippen molar-refractivity contribution >= 4 is 22.7 Å². The molecule has 0 bridgehead atoms. The highest BCUT2D eigenvalue weighted by molar-refractivity contribution is 5.90. The average molecular weight is 442 g/mol. The maximum Gasteiger partial charge on any atom is 0.224 e. The zero-order valence-corrected chi connectivity index (χ0v) is 19.4. The molecule has 2 aliphatic rings.